The van der Waals surface area contributed by atoms with Crippen LogP contribution < -0.4 is 5.73 Å². The van der Waals surface area contributed by atoms with E-state index >= 15 is 0 Å². The number of hydrogen-bond acceptors (Lipinski definition) is 2. The second-order valence-corrected chi connectivity index (χ2v) is 4.28. The molecule has 15 heavy (non-hydrogen) atoms. The minimum atomic E-state index is -0.179. The van der Waals surface area contributed by atoms with Crippen molar-refractivity contribution < 1.29 is 0 Å². The Balaban J connectivity index is 2.20. The Kier molecular flexibility index (Phi) is 2.75. The molecule has 0 spiro atoms. The number of nitrogens with zero attached hydrogens (tertiary/aromatic N) is 1. The summed E-state index contributed by atoms with van der Waals surface area (Å²) in [4.78, 5) is 0. The van der Waals surface area contributed by atoms with Crippen molar-refractivity contribution in [3.05, 3.63) is 35.4 Å². The zero-order chi connectivity index (χ0) is 10.7. The van der Waals surface area contributed by atoms with Crippen molar-refractivity contribution in [2.45, 2.75) is 31.1 Å². The average Bonchev–Trinajstić information content (AvgIpc) is 2.20. The van der Waals surface area contributed by atoms with Gasteiger partial charge in [0.1, 0.15) is 0 Å². The van der Waals surface area contributed by atoms with E-state index in [0.717, 1.165) is 19.3 Å². The van der Waals surface area contributed by atoms with Crippen LogP contribution in [0.1, 0.15) is 30.4 Å². The number of rotatable bonds is 3. The van der Waals surface area contributed by atoms with Crippen molar-refractivity contribution in [2.24, 2.45) is 5.73 Å². The summed E-state index contributed by atoms with van der Waals surface area (Å²) >= 11 is 0. The standard InChI is InChI=1S/C13H16N2/c14-9-6-11-2-4-12(5-3-11)13(10-15)7-1-8-13/h2-5H,1,6-9,14H2. The fraction of sp³-hybridized carbons (Fsp3) is 0.462. The quantitative estimate of drug-likeness (QED) is 0.812. The van der Waals surface area contributed by atoms with Crippen LogP contribution in [-0.2, 0) is 11.8 Å². The van der Waals surface area contributed by atoms with Crippen LogP contribution >= 0.6 is 0 Å². The third-order valence-electron chi connectivity index (χ3n) is 3.36. The zero-order valence-corrected chi connectivity index (χ0v) is 8.87. The van der Waals surface area contributed by atoms with E-state index in [1.54, 1.807) is 0 Å². The van der Waals surface area contributed by atoms with E-state index < -0.39 is 0 Å². The molecular formula is C13H16N2. The Morgan fingerprint density at radius 2 is 1.93 bits per heavy atom. The van der Waals surface area contributed by atoms with Crippen LogP contribution in [0.5, 0.6) is 0 Å². The zero-order valence-electron chi connectivity index (χ0n) is 8.87. The molecule has 1 aromatic rings. The molecule has 2 rings (SSSR count). The number of hydrogen-bond donors (Lipinski definition) is 1. The summed E-state index contributed by atoms with van der Waals surface area (Å²) in [6, 6.07) is 10.8. The topological polar surface area (TPSA) is 49.8 Å². The lowest BCUT2D eigenvalue weighted by atomic mass is 9.65. The highest BCUT2D eigenvalue weighted by atomic mass is 14.5. The van der Waals surface area contributed by atoms with Crippen molar-refractivity contribution in [3.8, 4) is 6.07 Å². The average molecular weight is 200 g/mol. The molecule has 1 saturated carbocycles. The van der Waals surface area contributed by atoms with Gasteiger partial charge in [0, 0.05) is 0 Å². The molecule has 78 valence electrons. The molecule has 0 radical (unpaired) electrons. The van der Waals surface area contributed by atoms with E-state index in [-0.39, 0.29) is 5.41 Å². The Morgan fingerprint density at radius 3 is 2.33 bits per heavy atom. The Labute approximate surface area is 90.7 Å². The summed E-state index contributed by atoms with van der Waals surface area (Å²) in [6.07, 6.45) is 4.12. The van der Waals surface area contributed by atoms with Gasteiger partial charge in [0.15, 0.2) is 0 Å². The molecule has 0 saturated heterocycles. The lowest BCUT2D eigenvalue weighted by molar-refractivity contribution is 0.324. The van der Waals surface area contributed by atoms with Crippen molar-refractivity contribution in [3.63, 3.8) is 0 Å². The summed E-state index contributed by atoms with van der Waals surface area (Å²) in [6.45, 7) is 0.683. The van der Waals surface area contributed by atoms with E-state index in [9.17, 15) is 5.26 Å². The lowest BCUT2D eigenvalue weighted by Gasteiger charge is -2.35. The minimum Gasteiger partial charge on any atom is -0.330 e. The van der Waals surface area contributed by atoms with Crippen LogP contribution in [0.25, 0.3) is 0 Å². The first-order valence-electron chi connectivity index (χ1n) is 5.51. The minimum absolute atomic E-state index is 0.179. The van der Waals surface area contributed by atoms with Crippen LogP contribution in [0.15, 0.2) is 24.3 Å². The monoisotopic (exact) mass is 200 g/mol. The van der Waals surface area contributed by atoms with Gasteiger partial charge in [-0.05, 0) is 43.4 Å². The predicted molar refractivity (Wildman–Crippen MR) is 60.3 cm³/mol. The Hall–Kier alpha value is -1.33. The second kappa shape index (κ2) is 4.04. The van der Waals surface area contributed by atoms with Crippen LogP contribution in [0, 0.1) is 11.3 Å². The molecule has 0 atom stereocenters. The molecule has 0 heterocycles. The van der Waals surface area contributed by atoms with Crippen molar-refractivity contribution >= 4 is 0 Å². The van der Waals surface area contributed by atoms with Gasteiger partial charge < -0.3 is 5.73 Å². The smallest absolute Gasteiger partial charge is 0.0822 e. The molecule has 1 fully saturated rings. The van der Waals surface area contributed by atoms with E-state index in [2.05, 4.69) is 30.3 Å². The third kappa shape index (κ3) is 1.75. The maximum Gasteiger partial charge on any atom is 0.0822 e. The van der Waals surface area contributed by atoms with Crippen LogP contribution in [0.2, 0.25) is 0 Å². The SMILES string of the molecule is N#CC1(c2ccc(CCN)cc2)CCC1. The first kappa shape index (κ1) is 10.2. The number of nitrogens with two attached hydrogens (primary N) is 1. The maximum atomic E-state index is 9.19. The van der Waals surface area contributed by atoms with Crippen LogP contribution in [0.3, 0.4) is 0 Å². The summed E-state index contributed by atoms with van der Waals surface area (Å²) in [5, 5.41) is 9.19. The molecule has 0 unspecified atom stereocenters. The Morgan fingerprint density at radius 1 is 1.27 bits per heavy atom. The van der Waals surface area contributed by atoms with Gasteiger partial charge in [0.05, 0.1) is 11.5 Å². The van der Waals surface area contributed by atoms with Crippen molar-refractivity contribution in [2.75, 3.05) is 6.54 Å². The van der Waals surface area contributed by atoms with Gasteiger partial charge >= 0.3 is 0 Å². The predicted octanol–water partition coefficient (Wildman–Crippen LogP) is 2.13. The van der Waals surface area contributed by atoms with Crippen LogP contribution in [0.4, 0.5) is 0 Å². The molecule has 2 nitrogen and oxygen atoms in total. The van der Waals surface area contributed by atoms with Gasteiger partial charge in [0.25, 0.3) is 0 Å². The summed E-state index contributed by atoms with van der Waals surface area (Å²) < 4.78 is 0. The summed E-state index contributed by atoms with van der Waals surface area (Å²) in [5.74, 6) is 0. The van der Waals surface area contributed by atoms with Gasteiger partial charge in [-0.1, -0.05) is 24.3 Å². The third-order valence-corrected chi connectivity index (χ3v) is 3.36. The van der Waals surface area contributed by atoms with Gasteiger partial charge in [-0.15, -0.1) is 0 Å². The van der Waals surface area contributed by atoms with Gasteiger partial charge in [-0.3, -0.25) is 0 Å². The van der Waals surface area contributed by atoms with Crippen molar-refractivity contribution in [1.82, 2.24) is 0 Å². The van der Waals surface area contributed by atoms with E-state index in [1.807, 2.05) is 0 Å². The normalized spacial score (nSPS) is 17.9. The fourth-order valence-corrected chi connectivity index (χ4v) is 2.15. The molecule has 2 heteroatoms. The fourth-order valence-electron chi connectivity index (χ4n) is 2.15. The number of benzene rings is 1. The summed E-state index contributed by atoms with van der Waals surface area (Å²) in [7, 11) is 0. The highest BCUT2D eigenvalue weighted by Crippen LogP contribution is 2.42. The van der Waals surface area contributed by atoms with Crippen molar-refractivity contribution in [1.29, 1.82) is 5.26 Å². The van der Waals surface area contributed by atoms with E-state index in [0.29, 0.717) is 6.54 Å². The molecule has 0 amide bonds. The highest BCUT2D eigenvalue weighted by Gasteiger charge is 2.38. The summed E-state index contributed by atoms with van der Waals surface area (Å²) in [5.41, 5.74) is 7.75. The van der Waals surface area contributed by atoms with Gasteiger partial charge in [-0.2, -0.15) is 5.26 Å². The van der Waals surface area contributed by atoms with Gasteiger partial charge in [0.2, 0.25) is 0 Å². The molecule has 0 aromatic heterocycles. The molecule has 0 aliphatic heterocycles. The van der Waals surface area contributed by atoms with Gasteiger partial charge in [-0.25, -0.2) is 0 Å². The maximum absolute atomic E-state index is 9.19. The molecule has 0 bridgehead atoms. The largest absolute Gasteiger partial charge is 0.330 e. The van der Waals surface area contributed by atoms with E-state index in [1.165, 1.54) is 17.5 Å². The first-order valence-corrected chi connectivity index (χ1v) is 5.51. The molecule has 1 aliphatic rings. The molecule has 1 aliphatic carbocycles. The second-order valence-electron chi connectivity index (χ2n) is 4.28. The van der Waals surface area contributed by atoms with E-state index in [4.69, 9.17) is 5.73 Å². The molecular weight excluding hydrogens is 184 g/mol. The van der Waals surface area contributed by atoms with Crippen LogP contribution in [-0.4, -0.2) is 6.54 Å². The lowest BCUT2D eigenvalue weighted by Crippen LogP contribution is -2.32. The molecule has 1 aromatic carbocycles. The highest BCUT2D eigenvalue weighted by molar-refractivity contribution is 5.36. The Bertz CT molecular complexity index is 369. The molecule has 2 N–H and O–H groups in total. The first-order chi connectivity index (χ1) is 7.30. The number of nitriles is 1.